The van der Waals surface area contributed by atoms with E-state index < -0.39 is 0 Å². The molecule has 0 radical (unpaired) electrons. The Kier molecular flexibility index (Phi) is 29.6. The van der Waals surface area contributed by atoms with Gasteiger partial charge in [0.25, 0.3) is 0 Å². The molecule has 1 unspecified atom stereocenters. The van der Waals surface area contributed by atoms with Crippen molar-refractivity contribution in [2.24, 2.45) is 5.92 Å². The maximum absolute atomic E-state index is 12.6. The van der Waals surface area contributed by atoms with E-state index in [2.05, 4.69) is 13.8 Å². The molecule has 0 bridgehead atoms. The summed E-state index contributed by atoms with van der Waals surface area (Å²) < 4.78 is 5.60. The van der Waals surface area contributed by atoms with Crippen LogP contribution in [0.25, 0.3) is 0 Å². The third-order valence-corrected chi connectivity index (χ3v) is 8.00. The highest BCUT2D eigenvalue weighted by atomic mass is 16.5. The van der Waals surface area contributed by atoms with Crippen LogP contribution in [0.1, 0.15) is 207 Å². The number of ether oxygens (including phenoxy) is 1. The van der Waals surface area contributed by atoms with Crippen LogP contribution in [0, 0.1) is 5.92 Å². The van der Waals surface area contributed by atoms with Crippen LogP contribution in [0.15, 0.2) is 0 Å². The van der Waals surface area contributed by atoms with Gasteiger partial charge in [0.1, 0.15) is 0 Å². The molecule has 0 heterocycles. The van der Waals surface area contributed by atoms with E-state index in [4.69, 9.17) is 4.74 Å². The fraction of sp³-hybridized carbons (Fsp3) is 0.971. The number of hydrogen-bond acceptors (Lipinski definition) is 2. The maximum Gasteiger partial charge on any atom is 0.309 e. The van der Waals surface area contributed by atoms with E-state index in [-0.39, 0.29) is 18.0 Å². The van der Waals surface area contributed by atoms with Crippen LogP contribution in [0.3, 0.4) is 0 Å². The summed E-state index contributed by atoms with van der Waals surface area (Å²) in [5.74, 6) is 0.190. The molecule has 0 aromatic heterocycles. The van der Waals surface area contributed by atoms with Crippen LogP contribution in [0.2, 0.25) is 0 Å². The zero-order chi connectivity index (χ0) is 27.2. The maximum atomic E-state index is 12.6. The molecule has 37 heavy (non-hydrogen) atoms. The van der Waals surface area contributed by atoms with Gasteiger partial charge in [0.05, 0.1) is 12.0 Å². The van der Waals surface area contributed by atoms with Gasteiger partial charge in [0.15, 0.2) is 0 Å². The summed E-state index contributed by atoms with van der Waals surface area (Å²) in [5.41, 5.74) is 0. The highest BCUT2D eigenvalue weighted by Gasteiger charge is 2.20. The topological polar surface area (TPSA) is 26.3 Å². The summed E-state index contributed by atoms with van der Waals surface area (Å²) in [5, 5.41) is 0. The standard InChI is InChI=1S/C35H70O2/c1-5-7-9-11-13-15-17-18-19-20-21-22-24-26-28-30-32-34(35(36)37-33(3)4)31-29-27-25-23-16-14-12-10-8-6-2/h33-34H,5-32H2,1-4H3. The Morgan fingerprint density at radius 1 is 0.432 bits per heavy atom. The normalized spacial score (nSPS) is 12.4. The SMILES string of the molecule is CCCCCCCCCCCCCCCCCCC(CCCCCCCCCCCC)C(=O)OC(C)C. The quantitative estimate of drug-likeness (QED) is 0.0692. The second kappa shape index (κ2) is 30.0. The van der Waals surface area contributed by atoms with Crippen molar-refractivity contribution < 1.29 is 9.53 Å². The summed E-state index contributed by atoms with van der Waals surface area (Å²) >= 11 is 0. The van der Waals surface area contributed by atoms with E-state index in [1.165, 1.54) is 167 Å². The lowest BCUT2D eigenvalue weighted by atomic mass is 9.94. The highest BCUT2D eigenvalue weighted by Crippen LogP contribution is 2.22. The van der Waals surface area contributed by atoms with E-state index in [0.29, 0.717) is 0 Å². The fourth-order valence-corrected chi connectivity index (χ4v) is 5.53. The van der Waals surface area contributed by atoms with Crippen LogP contribution in [0.4, 0.5) is 0 Å². The molecule has 0 rings (SSSR count). The van der Waals surface area contributed by atoms with Gasteiger partial charge >= 0.3 is 5.97 Å². The van der Waals surface area contributed by atoms with E-state index in [0.717, 1.165) is 12.8 Å². The Balaban J connectivity index is 3.70. The molecule has 0 aromatic carbocycles. The smallest absolute Gasteiger partial charge is 0.309 e. The number of carbonyl (C=O) groups excluding carboxylic acids is 1. The highest BCUT2D eigenvalue weighted by molar-refractivity contribution is 5.72. The minimum Gasteiger partial charge on any atom is -0.463 e. The van der Waals surface area contributed by atoms with Gasteiger partial charge in [-0.1, -0.05) is 181 Å². The molecule has 0 saturated heterocycles. The van der Waals surface area contributed by atoms with Crippen molar-refractivity contribution in [2.75, 3.05) is 0 Å². The van der Waals surface area contributed by atoms with Crippen molar-refractivity contribution in [1.29, 1.82) is 0 Å². The van der Waals surface area contributed by atoms with Crippen molar-refractivity contribution in [1.82, 2.24) is 0 Å². The lowest BCUT2D eigenvalue weighted by Crippen LogP contribution is -2.21. The van der Waals surface area contributed by atoms with Crippen molar-refractivity contribution in [3.63, 3.8) is 0 Å². The molecule has 0 aliphatic carbocycles. The van der Waals surface area contributed by atoms with Gasteiger partial charge in [-0.15, -0.1) is 0 Å². The summed E-state index contributed by atoms with van der Waals surface area (Å²) in [6.45, 7) is 8.53. The van der Waals surface area contributed by atoms with Crippen molar-refractivity contribution in [3.8, 4) is 0 Å². The second-order valence-electron chi connectivity index (χ2n) is 12.2. The predicted octanol–water partition coefficient (Wildman–Crippen LogP) is 12.5. The Morgan fingerprint density at radius 3 is 0.919 bits per heavy atom. The summed E-state index contributed by atoms with van der Waals surface area (Å²) in [6.07, 6.45) is 37.9. The molecular formula is C35H70O2. The molecule has 1 atom stereocenters. The minimum absolute atomic E-state index is 0.00787. The Morgan fingerprint density at radius 2 is 0.676 bits per heavy atom. The van der Waals surface area contributed by atoms with Crippen LogP contribution >= 0.6 is 0 Å². The zero-order valence-corrected chi connectivity index (χ0v) is 26.3. The number of carbonyl (C=O) groups is 1. The van der Waals surface area contributed by atoms with E-state index in [9.17, 15) is 4.79 Å². The van der Waals surface area contributed by atoms with Crippen molar-refractivity contribution in [3.05, 3.63) is 0 Å². The van der Waals surface area contributed by atoms with Gasteiger partial charge in [0.2, 0.25) is 0 Å². The van der Waals surface area contributed by atoms with Gasteiger partial charge in [-0.3, -0.25) is 4.79 Å². The summed E-state index contributed by atoms with van der Waals surface area (Å²) in [4.78, 5) is 12.6. The average Bonchev–Trinajstić information content (AvgIpc) is 2.87. The molecule has 2 heteroatoms. The molecule has 0 fully saturated rings. The predicted molar refractivity (Wildman–Crippen MR) is 165 cm³/mol. The number of hydrogen-bond donors (Lipinski definition) is 0. The lowest BCUT2D eigenvalue weighted by molar-refractivity contribution is -0.153. The molecule has 2 nitrogen and oxygen atoms in total. The molecule has 0 aliphatic heterocycles. The molecule has 0 N–H and O–H groups in total. The molecular weight excluding hydrogens is 452 g/mol. The third kappa shape index (κ3) is 28.3. The fourth-order valence-electron chi connectivity index (χ4n) is 5.53. The van der Waals surface area contributed by atoms with Gasteiger partial charge in [-0.05, 0) is 26.7 Å². The second-order valence-corrected chi connectivity index (χ2v) is 12.2. The summed E-state index contributed by atoms with van der Waals surface area (Å²) in [6, 6.07) is 0. The first-order valence-electron chi connectivity index (χ1n) is 17.3. The first-order valence-corrected chi connectivity index (χ1v) is 17.3. The van der Waals surface area contributed by atoms with Crippen LogP contribution in [-0.4, -0.2) is 12.1 Å². The first-order chi connectivity index (χ1) is 18.1. The van der Waals surface area contributed by atoms with Crippen LogP contribution in [-0.2, 0) is 9.53 Å². The van der Waals surface area contributed by atoms with Gasteiger partial charge in [-0.25, -0.2) is 0 Å². The van der Waals surface area contributed by atoms with Crippen LogP contribution in [0.5, 0.6) is 0 Å². The first kappa shape index (κ1) is 36.5. The molecule has 0 saturated carbocycles. The Hall–Kier alpha value is -0.530. The van der Waals surface area contributed by atoms with E-state index in [1.807, 2.05) is 13.8 Å². The zero-order valence-electron chi connectivity index (χ0n) is 26.3. The molecule has 0 spiro atoms. The number of unbranched alkanes of at least 4 members (excludes halogenated alkanes) is 24. The van der Waals surface area contributed by atoms with Gasteiger partial charge in [0, 0.05) is 0 Å². The molecule has 0 aromatic rings. The monoisotopic (exact) mass is 523 g/mol. The van der Waals surface area contributed by atoms with Gasteiger partial charge in [-0.2, -0.15) is 0 Å². The van der Waals surface area contributed by atoms with Gasteiger partial charge < -0.3 is 4.74 Å². The minimum atomic E-state index is 0.00787. The third-order valence-electron chi connectivity index (χ3n) is 8.00. The average molecular weight is 523 g/mol. The number of rotatable bonds is 30. The van der Waals surface area contributed by atoms with Crippen molar-refractivity contribution in [2.45, 2.75) is 214 Å². The largest absolute Gasteiger partial charge is 0.463 e. The van der Waals surface area contributed by atoms with Crippen molar-refractivity contribution >= 4 is 5.97 Å². The molecule has 0 aliphatic rings. The van der Waals surface area contributed by atoms with Crippen LogP contribution < -0.4 is 0 Å². The lowest BCUT2D eigenvalue weighted by Gasteiger charge is -2.18. The number of esters is 1. The summed E-state index contributed by atoms with van der Waals surface area (Å²) in [7, 11) is 0. The molecule has 0 amide bonds. The molecule has 222 valence electrons. The Labute approximate surface area is 234 Å². The van der Waals surface area contributed by atoms with E-state index in [1.54, 1.807) is 0 Å². The van der Waals surface area contributed by atoms with E-state index >= 15 is 0 Å². The Bertz CT molecular complexity index is 445.